The van der Waals surface area contributed by atoms with E-state index < -0.39 is 67.3 Å². The molecule has 2 saturated heterocycles. The molecule has 2 fully saturated rings. The molecule has 0 amide bonds. The lowest BCUT2D eigenvalue weighted by atomic mass is 9.97. The molecule has 14 heteroatoms. The molecule has 0 aromatic carbocycles. The summed E-state index contributed by atoms with van der Waals surface area (Å²) in [5.74, 6) is 0. The lowest BCUT2D eigenvalue weighted by Gasteiger charge is -2.39. The fourth-order valence-corrected chi connectivity index (χ4v) is 4.57. The van der Waals surface area contributed by atoms with Crippen LogP contribution in [0.1, 0.15) is 20.1 Å². The van der Waals surface area contributed by atoms with Crippen molar-refractivity contribution in [3.05, 3.63) is 32.1 Å². The fraction of sp³-hybridized carbons (Fsp3) is 0.692. The van der Waals surface area contributed by atoms with Crippen LogP contribution in [0.5, 0.6) is 0 Å². The van der Waals surface area contributed by atoms with Gasteiger partial charge in [0.05, 0.1) is 12.7 Å². The van der Waals surface area contributed by atoms with Crippen LogP contribution >= 0.6 is 19.4 Å². The van der Waals surface area contributed by atoms with Gasteiger partial charge in [-0.1, -0.05) is 11.6 Å². The number of H-pyrrole nitrogens is 1. The Hall–Kier alpha value is -1.17. The number of halogens is 4. The van der Waals surface area contributed by atoms with Crippen LogP contribution in [0.15, 0.2) is 15.8 Å². The predicted octanol–water partition coefficient (Wildman–Crippen LogP) is 2.01. The Bertz CT molecular complexity index is 893. The van der Waals surface area contributed by atoms with Gasteiger partial charge in [-0.25, -0.2) is 22.5 Å². The van der Waals surface area contributed by atoms with Crippen LogP contribution < -0.4 is 11.2 Å². The van der Waals surface area contributed by atoms with E-state index in [0.29, 0.717) is 4.57 Å². The maximum Gasteiger partial charge on any atom is 0.475 e. The number of ether oxygens (including phenoxy) is 1. The van der Waals surface area contributed by atoms with Crippen molar-refractivity contribution in [1.82, 2.24) is 9.55 Å². The second-order valence-electron chi connectivity index (χ2n) is 6.25. The summed E-state index contributed by atoms with van der Waals surface area (Å²) in [6.07, 6.45) is -9.58. The van der Waals surface area contributed by atoms with Gasteiger partial charge >= 0.3 is 13.5 Å². The van der Waals surface area contributed by atoms with Gasteiger partial charge in [-0.2, -0.15) is 0 Å². The first kappa shape index (κ1) is 20.6. The number of phosphoric acid groups is 1. The minimum absolute atomic E-state index is 0.489. The minimum atomic E-state index is -4.33. The zero-order chi connectivity index (χ0) is 20.1. The molecule has 0 aliphatic carbocycles. The van der Waals surface area contributed by atoms with Crippen molar-refractivity contribution in [1.29, 1.82) is 0 Å². The molecule has 1 unspecified atom stereocenters. The smallest absolute Gasteiger partial charge is 0.337 e. The molecule has 2 aliphatic heterocycles. The lowest BCUT2D eigenvalue weighted by Crippen LogP contribution is -2.55. The fourth-order valence-electron chi connectivity index (χ4n) is 2.80. The van der Waals surface area contributed by atoms with Crippen LogP contribution in [-0.2, 0) is 22.9 Å². The number of aromatic amines is 1. The lowest BCUT2D eigenvalue weighted by molar-refractivity contribution is -0.208. The molecule has 0 saturated carbocycles. The van der Waals surface area contributed by atoms with E-state index in [9.17, 15) is 27.3 Å². The van der Waals surface area contributed by atoms with Crippen molar-refractivity contribution in [3.63, 3.8) is 0 Å². The van der Waals surface area contributed by atoms with E-state index in [-0.39, 0.29) is 0 Å². The molecule has 1 aromatic heterocycles. The summed E-state index contributed by atoms with van der Waals surface area (Å²) in [4.78, 5) is 25.1. The number of rotatable bonds is 4. The second-order valence-corrected chi connectivity index (χ2v) is 8.23. The van der Waals surface area contributed by atoms with Crippen molar-refractivity contribution >= 4 is 19.4 Å². The molecule has 0 spiro atoms. The van der Waals surface area contributed by atoms with Gasteiger partial charge in [0, 0.05) is 6.20 Å². The maximum absolute atomic E-state index is 15.0. The highest BCUT2D eigenvalue weighted by molar-refractivity contribution is 7.48. The summed E-state index contributed by atoms with van der Waals surface area (Å²) in [7, 11) is -4.33. The molecule has 2 aliphatic rings. The maximum atomic E-state index is 15.0. The van der Waals surface area contributed by atoms with E-state index in [0.717, 1.165) is 6.20 Å². The zero-order valence-corrected chi connectivity index (χ0v) is 15.6. The van der Waals surface area contributed by atoms with E-state index in [1.165, 1.54) is 13.8 Å². The molecule has 27 heavy (non-hydrogen) atoms. The molecule has 0 bridgehead atoms. The van der Waals surface area contributed by atoms with Gasteiger partial charge in [0.25, 0.3) is 12.0 Å². The topological polar surface area (TPSA) is 109 Å². The van der Waals surface area contributed by atoms with Gasteiger partial charge in [-0.3, -0.25) is 27.9 Å². The molecule has 3 rings (SSSR count). The number of nitrogens with one attached hydrogen (secondary N) is 1. The van der Waals surface area contributed by atoms with E-state index in [1.807, 2.05) is 0 Å². The number of hydrogen-bond donors (Lipinski definition) is 1. The number of aromatic nitrogens is 2. The minimum Gasteiger partial charge on any atom is -0.337 e. The van der Waals surface area contributed by atoms with Crippen LogP contribution in [0.25, 0.3) is 0 Å². The number of fused-ring (bicyclic) bond motifs is 1. The summed E-state index contributed by atoms with van der Waals surface area (Å²) in [5, 5.41) is -0.489. The van der Waals surface area contributed by atoms with Crippen molar-refractivity contribution in [2.45, 2.75) is 50.5 Å². The Labute approximate surface area is 154 Å². The zero-order valence-electron chi connectivity index (χ0n) is 13.9. The molecular formula is C13H15ClF3N2O7P. The van der Waals surface area contributed by atoms with Crippen LogP contribution in [0, 0.1) is 0 Å². The Morgan fingerprint density at radius 2 is 2.11 bits per heavy atom. The molecule has 1 N–H and O–H groups in total. The SMILES string of the molecule is CC(C)OP1(=O)OC[C@@]2(C(F)F)O[C@@H](n3cc(Cl)c(=O)[nH]c3=O)[C@@H](F)[C@@H]2O1. The third-order valence-corrected chi connectivity index (χ3v) is 5.86. The van der Waals surface area contributed by atoms with Crippen LogP contribution in [-0.4, -0.2) is 46.6 Å². The van der Waals surface area contributed by atoms with Crippen molar-refractivity contribution in [2.24, 2.45) is 0 Å². The van der Waals surface area contributed by atoms with Gasteiger partial charge in [-0.15, -0.1) is 0 Å². The highest BCUT2D eigenvalue weighted by Crippen LogP contribution is 2.61. The highest BCUT2D eigenvalue weighted by atomic mass is 35.5. The molecular weight excluding hydrogens is 420 g/mol. The Kier molecular flexibility index (Phi) is 5.34. The molecule has 5 atom stereocenters. The Morgan fingerprint density at radius 3 is 2.70 bits per heavy atom. The molecule has 9 nitrogen and oxygen atoms in total. The van der Waals surface area contributed by atoms with Crippen LogP contribution in [0.2, 0.25) is 5.02 Å². The Morgan fingerprint density at radius 1 is 1.44 bits per heavy atom. The largest absolute Gasteiger partial charge is 0.475 e. The Balaban J connectivity index is 2.01. The van der Waals surface area contributed by atoms with Gasteiger partial charge in [0.2, 0.25) is 0 Å². The standard InChI is InChI=1S/C13H15ClF3N2O7P/c1-5(2)25-27(22)23-4-13(11(16)17)8(26-27)7(15)10(24-13)19-3-6(14)9(20)18-12(19)21/h3,5,7-8,10-11H,4H2,1-2H3,(H,18,20,21)/t7-,8-,10+,13+,27?/m0/s1. The van der Waals surface area contributed by atoms with Crippen molar-refractivity contribution in [2.75, 3.05) is 6.61 Å². The summed E-state index contributed by atoms with van der Waals surface area (Å²) in [5.41, 5.74) is -4.72. The predicted molar refractivity (Wildman–Crippen MR) is 84.7 cm³/mol. The molecule has 3 heterocycles. The van der Waals surface area contributed by atoms with E-state index in [2.05, 4.69) is 0 Å². The number of hydrogen-bond acceptors (Lipinski definition) is 7. The normalized spacial score (nSPS) is 36.4. The van der Waals surface area contributed by atoms with Gasteiger partial charge < -0.3 is 4.74 Å². The summed E-state index contributed by atoms with van der Waals surface area (Å²) in [6.45, 7) is 1.98. The number of nitrogens with zero attached hydrogens (tertiary/aromatic N) is 1. The first-order valence-corrected chi connectivity index (χ1v) is 9.55. The molecule has 0 radical (unpaired) electrons. The van der Waals surface area contributed by atoms with E-state index in [1.54, 1.807) is 4.98 Å². The van der Waals surface area contributed by atoms with Gasteiger partial charge in [0.1, 0.15) is 11.1 Å². The van der Waals surface area contributed by atoms with Crippen LogP contribution in [0.3, 0.4) is 0 Å². The second kappa shape index (κ2) is 7.02. The van der Waals surface area contributed by atoms with Gasteiger partial charge in [-0.05, 0) is 13.8 Å². The third kappa shape index (κ3) is 3.50. The van der Waals surface area contributed by atoms with E-state index in [4.69, 9.17) is 29.9 Å². The summed E-state index contributed by atoms with van der Waals surface area (Å²) in [6, 6.07) is 0. The molecule has 1 aromatic rings. The number of phosphoric ester groups is 1. The number of alkyl halides is 3. The average Bonchev–Trinajstić information content (AvgIpc) is 2.84. The third-order valence-electron chi connectivity index (χ3n) is 3.98. The van der Waals surface area contributed by atoms with Crippen molar-refractivity contribution in [3.8, 4) is 0 Å². The summed E-state index contributed by atoms with van der Waals surface area (Å²) >= 11 is 5.61. The summed E-state index contributed by atoms with van der Waals surface area (Å²) < 4.78 is 75.3. The van der Waals surface area contributed by atoms with Gasteiger partial charge in [0.15, 0.2) is 18.0 Å². The monoisotopic (exact) mass is 434 g/mol. The van der Waals surface area contributed by atoms with Crippen LogP contribution in [0.4, 0.5) is 13.2 Å². The quantitative estimate of drug-likeness (QED) is 0.722. The van der Waals surface area contributed by atoms with Crippen molar-refractivity contribution < 1.29 is 36.0 Å². The first-order valence-electron chi connectivity index (χ1n) is 7.71. The molecule has 152 valence electrons. The average molecular weight is 435 g/mol. The van der Waals surface area contributed by atoms with E-state index >= 15 is 0 Å². The highest BCUT2D eigenvalue weighted by Gasteiger charge is 2.68. The first-order chi connectivity index (χ1) is 12.5.